The van der Waals surface area contributed by atoms with Gasteiger partial charge in [0, 0.05) is 30.1 Å². The van der Waals surface area contributed by atoms with Crippen molar-refractivity contribution in [3.63, 3.8) is 0 Å². The normalized spacial score (nSPS) is 13.4. The molecule has 1 rings (SSSR count). The molecule has 0 saturated carbocycles. The van der Waals surface area contributed by atoms with Crippen LogP contribution in [0.2, 0.25) is 0 Å². The average molecular weight is 228 g/mol. The van der Waals surface area contributed by atoms with Crippen LogP contribution in [0.4, 0.5) is 0 Å². The van der Waals surface area contributed by atoms with E-state index in [4.69, 9.17) is 10.5 Å². The number of nitrogens with zero attached hydrogens (tertiary/aromatic N) is 1. The van der Waals surface area contributed by atoms with Gasteiger partial charge < -0.3 is 10.5 Å². The second-order valence-electron chi connectivity index (χ2n) is 4.06. The van der Waals surface area contributed by atoms with E-state index in [0.717, 1.165) is 30.2 Å². The Bertz CT molecular complexity index is 286. The van der Waals surface area contributed by atoms with E-state index in [9.17, 15) is 0 Å². The fourth-order valence-electron chi connectivity index (χ4n) is 1.28. The second-order valence-corrected chi connectivity index (χ2v) is 5.00. The van der Waals surface area contributed by atoms with Crippen molar-refractivity contribution in [2.24, 2.45) is 5.73 Å². The van der Waals surface area contributed by atoms with E-state index in [1.165, 1.54) is 0 Å². The van der Waals surface area contributed by atoms with Gasteiger partial charge in [0.15, 0.2) is 0 Å². The smallest absolute Gasteiger partial charge is 0.0943 e. The lowest BCUT2D eigenvalue weighted by Gasteiger charge is -2.11. The Labute approximate surface area is 95.7 Å². The zero-order valence-electron chi connectivity index (χ0n) is 9.69. The van der Waals surface area contributed by atoms with Gasteiger partial charge in [0.2, 0.25) is 0 Å². The molecule has 0 aliphatic heterocycles. The number of aryl methyl sites for hydroxylation is 1. The van der Waals surface area contributed by atoms with E-state index >= 15 is 0 Å². The minimum absolute atomic E-state index is 0.161. The van der Waals surface area contributed by atoms with Crippen LogP contribution in [0, 0.1) is 6.92 Å². The van der Waals surface area contributed by atoms with Gasteiger partial charge in [0.25, 0.3) is 0 Å². The summed E-state index contributed by atoms with van der Waals surface area (Å²) in [4.78, 5) is 4.39. The molecule has 0 radical (unpaired) electrons. The van der Waals surface area contributed by atoms with E-state index in [0.29, 0.717) is 6.10 Å². The van der Waals surface area contributed by atoms with Crippen molar-refractivity contribution < 1.29 is 4.74 Å². The van der Waals surface area contributed by atoms with Crippen LogP contribution in [0.5, 0.6) is 0 Å². The first-order valence-corrected chi connectivity index (χ1v) is 6.24. The van der Waals surface area contributed by atoms with Gasteiger partial charge in [-0.3, -0.25) is 0 Å². The minimum Gasteiger partial charge on any atom is -0.379 e. The Morgan fingerprint density at radius 3 is 2.80 bits per heavy atom. The van der Waals surface area contributed by atoms with Crippen molar-refractivity contribution in [3.8, 4) is 0 Å². The van der Waals surface area contributed by atoms with Gasteiger partial charge in [-0.1, -0.05) is 0 Å². The molecule has 0 aromatic carbocycles. The zero-order chi connectivity index (χ0) is 11.3. The largest absolute Gasteiger partial charge is 0.379 e. The number of aromatic nitrogens is 1. The molecule has 1 atom stereocenters. The van der Waals surface area contributed by atoms with Crippen molar-refractivity contribution in [2.75, 3.05) is 6.61 Å². The SMILES string of the molecule is Cc1csc(CC(N)CCOC(C)C)n1. The van der Waals surface area contributed by atoms with Crippen LogP contribution >= 0.6 is 11.3 Å². The van der Waals surface area contributed by atoms with E-state index < -0.39 is 0 Å². The average Bonchev–Trinajstić information content (AvgIpc) is 2.50. The number of hydrogen-bond donors (Lipinski definition) is 1. The fraction of sp³-hybridized carbons (Fsp3) is 0.727. The van der Waals surface area contributed by atoms with Gasteiger partial charge in [-0.15, -0.1) is 11.3 Å². The molecule has 1 unspecified atom stereocenters. The highest BCUT2D eigenvalue weighted by Crippen LogP contribution is 2.11. The Kier molecular flexibility index (Phi) is 5.22. The summed E-state index contributed by atoms with van der Waals surface area (Å²) in [5.74, 6) is 0. The van der Waals surface area contributed by atoms with Gasteiger partial charge in [-0.25, -0.2) is 4.98 Å². The second kappa shape index (κ2) is 6.20. The molecular formula is C11H20N2OS. The summed E-state index contributed by atoms with van der Waals surface area (Å²) >= 11 is 1.69. The van der Waals surface area contributed by atoms with E-state index in [-0.39, 0.29) is 6.04 Å². The maximum Gasteiger partial charge on any atom is 0.0943 e. The molecule has 4 heteroatoms. The third-order valence-electron chi connectivity index (χ3n) is 2.04. The van der Waals surface area contributed by atoms with Crippen molar-refractivity contribution in [2.45, 2.75) is 45.8 Å². The molecule has 15 heavy (non-hydrogen) atoms. The number of rotatable bonds is 6. The maximum atomic E-state index is 5.99. The summed E-state index contributed by atoms with van der Waals surface area (Å²) in [5, 5.41) is 3.19. The molecule has 2 N–H and O–H groups in total. The monoisotopic (exact) mass is 228 g/mol. The van der Waals surface area contributed by atoms with Crippen molar-refractivity contribution >= 4 is 11.3 Å². The first-order chi connectivity index (χ1) is 7.08. The number of ether oxygens (including phenoxy) is 1. The molecule has 0 amide bonds. The predicted octanol–water partition coefficient (Wildman–Crippen LogP) is 2.14. The Morgan fingerprint density at radius 1 is 1.53 bits per heavy atom. The highest BCUT2D eigenvalue weighted by molar-refractivity contribution is 7.09. The maximum absolute atomic E-state index is 5.99. The van der Waals surface area contributed by atoms with E-state index in [1.54, 1.807) is 11.3 Å². The molecule has 86 valence electrons. The van der Waals surface area contributed by atoms with Crippen LogP contribution in [0.15, 0.2) is 5.38 Å². The number of nitrogens with two attached hydrogens (primary N) is 1. The van der Waals surface area contributed by atoms with Crippen molar-refractivity contribution in [1.29, 1.82) is 0 Å². The summed E-state index contributed by atoms with van der Waals surface area (Å²) in [6.07, 6.45) is 2.05. The first kappa shape index (κ1) is 12.6. The van der Waals surface area contributed by atoms with Gasteiger partial charge in [-0.2, -0.15) is 0 Å². The number of hydrogen-bond acceptors (Lipinski definition) is 4. The molecule has 0 aliphatic carbocycles. The van der Waals surface area contributed by atoms with E-state index in [2.05, 4.69) is 10.4 Å². The molecule has 1 aromatic heterocycles. The Balaban J connectivity index is 2.21. The third kappa shape index (κ3) is 5.25. The van der Waals surface area contributed by atoms with Gasteiger partial charge >= 0.3 is 0 Å². The van der Waals surface area contributed by atoms with Gasteiger partial charge in [0.1, 0.15) is 0 Å². The zero-order valence-corrected chi connectivity index (χ0v) is 10.5. The standard InChI is InChI=1S/C11H20N2OS/c1-8(2)14-5-4-10(12)6-11-13-9(3)7-15-11/h7-8,10H,4-6,12H2,1-3H3. The molecular weight excluding hydrogens is 208 g/mol. The third-order valence-corrected chi connectivity index (χ3v) is 3.03. The molecule has 0 aliphatic rings. The summed E-state index contributed by atoms with van der Waals surface area (Å²) in [6, 6.07) is 0.161. The minimum atomic E-state index is 0.161. The lowest BCUT2D eigenvalue weighted by molar-refractivity contribution is 0.0737. The first-order valence-electron chi connectivity index (χ1n) is 5.36. The highest BCUT2D eigenvalue weighted by atomic mass is 32.1. The highest BCUT2D eigenvalue weighted by Gasteiger charge is 2.07. The molecule has 1 heterocycles. The lowest BCUT2D eigenvalue weighted by atomic mass is 10.2. The Morgan fingerprint density at radius 2 is 2.27 bits per heavy atom. The lowest BCUT2D eigenvalue weighted by Crippen LogP contribution is -2.25. The van der Waals surface area contributed by atoms with Crippen LogP contribution in [-0.4, -0.2) is 23.7 Å². The van der Waals surface area contributed by atoms with Crippen LogP contribution in [0.3, 0.4) is 0 Å². The van der Waals surface area contributed by atoms with Gasteiger partial charge in [0.05, 0.1) is 11.1 Å². The fourth-order valence-corrected chi connectivity index (χ4v) is 2.14. The summed E-state index contributed by atoms with van der Waals surface area (Å²) in [6.45, 7) is 6.82. The summed E-state index contributed by atoms with van der Waals surface area (Å²) < 4.78 is 5.46. The topological polar surface area (TPSA) is 48.1 Å². The molecule has 3 nitrogen and oxygen atoms in total. The summed E-state index contributed by atoms with van der Waals surface area (Å²) in [7, 11) is 0. The van der Waals surface area contributed by atoms with Gasteiger partial charge in [-0.05, 0) is 27.2 Å². The van der Waals surface area contributed by atoms with Crippen LogP contribution in [0.25, 0.3) is 0 Å². The molecule has 1 aromatic rings. The number of thiazole rings is 1. The molecule has 0 saturated heterocycles. The molecule has 0 bridgehead atoms. The van der Waals surface area contributed by atoms with E-state index in [1.807, 2.05) is 20.8 Å². The summed E-state index contributed by atoms with van der Waals surface area (Å²) in [5.41, 5.74) is 7.07. The van der Waals surface area contributed by atoms with Crippen LogP contribution < -0.4 is 5.73 Å². The van der Waals surface area contributed by atoms with Crippen LogP contribution in [0.1, 0.15) is 31.0 Å². The Hall–Kier alpha value is -0.450. The quantitative estimate of drug-likeness (QED) is 0.811. The molecule has 0 spiro atoms. The van der Waals surface area contributed by atoms with Crippen molar-refractivity contribution in [1.82, 2.24) is 4.98 Å². The molecule has 0 fully saturated rings. The van der Waals surface area contributed by atoms with Crippen LogP contribution in [-0.2, 0) is 11.2 Å². The van der Waals surface area contributed by atoms with Crippen molar-refractivity contribution in [3.05, 3.63) is 16.1 Å². The predicted molar refractivity (Wildman–Crippen MR) is 64.2 cm³/mol.